The highest BCUT2D eigenvalue weighted by molar-refractivity contribution is 9.11. The molecule has 0 bridgehead atoms. The molecule has 1 heterocycles. The molecule has 1 N–H and O–H groups in total. The van der Waals surface area contributed by atoms with E-state index in [0.29, 0.717) is 0 Å². The van der Waals surface area contributed by atoms with Gasteiger partial charge in [0, 0.05) is 5.69 Å². The summed E-state index contributed by atoms with van der Waals surface area (Å²) < 4.78 is 5.91. The lowest BCUT2D eigenvalue weighted by atomic mass is 10.2. The third kappa shape index (κ3) is 2.51. The van der Waals surface area contributed by atoms with Crippen LogP contribution in [0.5, 0.6) is 5.75 Å². The number of rotatable bonds is 3. The Kier molecular flexibility index (Phi) is 3.40. The number of ether oxygens (including phenoxy) is 1. The van der Waals surface area contributed by atoms with Crippen LogP contribution in [0.2, 0.25) is 0 Å². The van der Waals surface area contributed by atoms with Gasteiger partial charge in [0.2, 0.25) is 5.13 Å². The molecule has 2 aromatic rings. The van der Waals surface area contributed by atoms with Crippen LogP contribution < -0.4 is 10.1 Å². The minimum atomic E-state index is 0.764. The van der Waals surface area contributed by atoms with E-state index in [2.05, 4.69) is 31.4 Å². The Balaban J connectivity index is 2.21. The summed E-state index contributed by atoms with van der Waals surface area (Å²) in [4.78, 5) is 0. The maximum absolute atomic E-state index is 5.14. The monoisotopic (exact) mass is 299 g/mol. The molecule has 84 valence electrons. The van der Waals surface area contributed by atoms with Crippen LogP contribution in [0.4, 0.5) is 10.8 Å². The summed E-state index contributed by atoms with van der Waals surface area (Å²) in [6, 6.07) is 5.84. The van der Waals surface area contributed by atoms with Crippen molar-refractivity contribution in [2.45, 2.75) is 6.92 Å². The van der Waals surface area contributed by atoms with Gasteiger partial charge in [-0.15, -0.1) is 10.2 Å². The highest BCUT2D eigenvalue weighted by Crippen LogP contribution is 2.27. The number of methoxy groups -OCH3 is 1. The van der Waals surface area contributed by atoms with Gasteiger partial charge in [-0.1, -0.05) is 11.3 Å². The van der Waals surface area contributed by atoms with Crippen molar-refractivity contribution < 1.29 is 4.74 Å². The van der Waals surface area contributed by atoms with Gasteiger partial charge in [0.25, 0.3) is 0 Å². The molecule has 0 spiro atoms. The minimum Gasteiger partial charge on any atom is -0.497 e. The third-order valence-corrected chi connectivity index (χ3v) is 3.35. The van der Waals surface area contributed by atoms with Gasteiger partial charge in [0.15, 0.2) is 3.92 Å². The predicted octanol–water partition coefficient (Wildman–Crippen LogP) is 3.36. The van der Waals surface area contributed by atoms with Crippen LogP contribution in [0.3, 0.4) is 0 Å². The van der Waals surface area contributed by atoms with Gasteiger partial charge in [-0.2, -0.15) is 0 Å². The van der Waals surface area contributed by atoms with Gasteiger partial charge in [-0.3, -0.25) is 0 Å². The van der Waals surface area contributed by atoms with Gasteiger partial charge in [-0.25, -0.2) is 0 Å². The summed E-state index contributed by atoms with van der Waals surface area (Å²) in [5.74, 6) is 0.849. The lowest BCUT2D eigenvalue weighted by Crippen LogP contribution is -1.93. The molecule has 1 aromatic heterocycles. The van der Waals surface area contributed by atoms with Gasteiger partial charge in [-0.05, 0) is 46.6 Å². The summed E-state index contributed by atoms with van der Waals surface area (Å²) in [5, 5.41) is 11.8. The Labute approximate surface area is 106 Å². The van der Waals surface area contributed by atoms with Crippen molar-refractivity contribution in [2.75, 3.05) is 12.4 Å². The number of aryl methyl sites for hydroxylation is 1. The van der Waals surface area contributed by atoms with Crippen molar-refractivity contribution in [2.24, 2.45) is 0 Å². The fourth-order valence-electron chi connectivity index (χ4n) is 1.27. The number of halogens is 1. The summed E-state index contributed by atoms with van der Waals surface area (Å²) in [6.45, 7) is 2.01. The first-order valence-electron chi connectivity index (χ1n) is 4.59. The fourth-order valence-corrected chi connectivity index (χ4v) is 2.30. The summed E-state index contributed by atoms with van der Waals surface area (Å²) in [5.41, 5.74) is 2.11. The van der Waals surface area contributed by atoms with E-state index in [-0.39, 0.29) is 0 Å². The zero-order valence-electron chi connectivity index (χ0n) is 8.82. The zero-order chi connectivity index (χ0) is 11.5. The molecule has 0 unspecified atom stereocenters. The molecular weight excluding hydrogens is 290 g/mol. The smallest absolute Gasteiger partial charge is 0.210 e. The molecule has 0 amide bonds. The summed E-state index contributed by atoms with van der Waals surface area (Å²) >= 11 is 4.73. The normalized spacial score (nSPS) is 10.2. The van der Waals surface area contributed by atoms with Crippen LogP contribution in [-0.2, 0) is 0 Å². The number of aromatic nitrogens is 2. The maximum Gasteiger partial charge on any atom is 0.210 e. The second kappa shape index (κ2) is 4.80. The highest BCUT2D eigenvalue weighted by Gasteiger charge is 2.04. The van der Waals surface area contributed by atoms with E-state index in [0.717, 1.165) is 26.0 Å². The Morgan fingerprint density at radius 2 is 2.19 bits per heavy atom. The standard InChI is InChI=1S/C10H10BrN3OS/c1-6-5-7(15-2)3-4-8(6)12-10-14-13-9(11)16-10/h3-5H,1-2H3,(H,12,14). The predicted molar refractivity (Wildman–Crippen MR) is 68.6 cm³/mol. The van der Waals surface area contributed by atoms with E-state index in [1.165, 1.54) is 11.3 Å². The van der Waals surface area contributed by atoms with Crippen LogP contribution >= 0.6 is 27.3 Å². The lowest BCUT2D eigenvalue weighted by molar-refractivity contribution is 0.414. The van der Waals surface area contributed by atoms with Gasteiger partial charge >= 0.3 is 0 Å². The number of hydrogen-bond acceptors (Lipinski definition) is 5. The molecule has 0 saturated carbocycles. The van der Waals surface area contributed by atoms with E-state index in [1.54, 1.807) is 7.11 Å². The number of benzene rings is 1. The first-order valence-corrected chi connectivity index (χ1v) is 6.20. The molecule has 0 aliphatic rings. The quantitative estimate of drug-likeness (QED) is 0.944. The maximum atomic E-state index is 5.14. The molecule has 0 radical (unpaired) electrons. The zero-order valence-corrected chi connectivity index (χ0v) is 11.2. The van der Waals surface area contributed by atoms with Crippen LogP contribution in [0.25, 0.3) is 0 Å². The van der Waals surface area contributed by atoms with Crippen molar-refractivity contribution in [3.05, 3.63) is 27.7 Å². The van der Waals surface area contributed by atoms with Crippen LogP contribution in [0, 0.1) is 6.92 Å². The average Bonchev–Trinajstić information content (AvgIpc) is 2.67. The van der Waals surface area contributed by atoms with Crippen LogP contribution in [0.15, 0.2) is 22.1 Å². The van der Waals surface area contributed by atoms with Gasteiger partial charge in [0.05, 0.1) is 7.11 Å². The average molecular weight is 300 g/mol. The van der Waals surface area contributed by atoms with E-state index >= 15 is 0 Å². The van der Waals surface area contributed by atoms with Crippen molar-refractivity contribution in [1.29, 1.82) is 0 Å². The van der Waals surface area contributed by atoms with Crippen molar-refractivity contribution >= 4 is 38.1 Å². The Bertz CT molecular complexity index is 501. The largest absolute Gasteiger partial charge is 0.497 e. The topological polar surface area (TPSA) is 47.0 Å². The Morgan fingerprint density at radius 3 is 2.75 bits per heavy atom. The Hall–Kier alpha value is -1.14. The van der Waals surface area contributed by atoms with E-state index in [9.17, 15) is 0 Å². The minimum absolute atomic E-state index is 0.764. The number of nitrogens with one attached hydrogen (secondary N) is 1. The van der Waals surface area contributed by atoms with Gasteiger partial charge in [0.1, 0.15) is 5.75 Å². The summed E-state index contributed by atoms with van der Waals surface area (Å²) in [6.07, 6.45) is 0. The molecule has 1 aromatic carbocycles. The molecule has 0 fully saturated rings. The molecule has 0 saturated heterocycles. The first-order chi connectivity index (χ1) is 7.69. The van der Waals surface area contributed by atoms with E-state index < -0.39 is 0 Å². The first kappa shape index (κ1) is 11.3. The molecule has 0 aliphatic heterocycles. The molecule has 16 heavy (non-hydrogen) atoms. The highest BCUT2D eigenvalue weighted by atomic mass is 79.9. The molecule has 6 heteroatoms. The molecule has 0 aliphatic carbocycles. The fraction of sp³-hybridized carbons (Fsp3) is 0.200. The van der Waals surface area contributed by atoms with Crippen molar-refractivity contribution in [1.82, 2.24) is 10.2 Å². The van der Waals surface area contributed by atoms with E-state index in [1.807, 2.05) is 25.1 Å². The van der Waals surface area contributed by atoms with Gasteiger partial charge < -0.3 is 10.1 Å². The molecular formula is C10H10BrN3OS. The van der Waals surface area contributed by atoms with Crippen LogP contribution in [0.1, 0.15) is 5.56 Å². The molecule has 2 rings (SSSR count). The van der Waals surface area contributed by atoms with Crippen molar-refractivity contribution in [3.8, 4) is 5.75 Å². The summed E-state index contributed by atoms with van der Waals surface area (Å²) in [7, 11) is 1.66. The second-order valence-corrected chi connectivity index (χ2v) is 5.42. The number of nitrogens with zero attached hydrogens (tertiary/aromatic N) is 2. The second-order valence-electron chi connectivity index (χ2n) is 3.17. The molecule has 4 nitrogen and oxygen atoms in total. The van der Waals surface area contributed by atoms with Crippen LogP contribution in [-0.4, -0.2) is 17.3 Å². The Morgan fingerprint density at radius 1 is 1.38 bits per heavy atom. The number of hydrogen-bond donors (Lipinski definition) is 1. The van der Waals surface area contributed by atoms with E-state index in [4.69, 9.17) is 4.74 Å². The lowest BCUT2D eigenvalue weighted by Gasteiger charge is -2.07. The number of anilines is 2. The third-order valence-electron chi connectivity index (χ3n) is 2.08. The SMILES string of the molecule is COc1ccc(Nc2nnc(Br)s2)c(C)c1. The molecule has 0 atom stereocenters. The van der Waals surface area contributed by atoms with Crippen molar-refractivity contribution in [3.63, 3.8) is 0 Å².